The molecule has 1 aliphatic carbocycles. The van der Waals surface area contributed by atoms with Crippen molar-refractivity contribution in [3.63, 3.8) is 0 Å². The molecule has 0 aromatic carbocycles. The van der Waals surface area contributed by atoms with Gasteiger partial charge < -0.3 is 14.8 Å². The van der Waals surface area contributed by atoms with Crippen LogP contribution in [0.25, 0.3) is 0 Å². The Morgan fingerprint density at radius 1 is 1.21 bits per heavy atom. The van der Waals surface area contributed by atoms with Gasteiger partial charge in [-0.05, 0) is 50.0 Å². The number of amides is 1. The number of anilines is 2. The van der Waals surface area contributed by atoms with E-state index in [9.17, 15) is 18.0 Å². The Bertz CT molecular complexity index is 985. The maximum atomic E-state index is 12.7. The van der Waals surface area contributed by atoms with Crippen LogP contribution in [0.1, 0.15) is 58.6 Å². The molecule has 10 heteroatoms. The second-order valence-corrected chi connectivity index (χ2v) is 9.24. The second-order valence-electron chi connectivity index (χ2n) is 9.24. The van der Waals surface area contributed by atoms with Gasteiger partial charge in [0.15, 0.2) is 5.69 Å². The van der Waals surface area contributed by atoms with E-state index in [1.165, 1.54) is 10.9 Å². The quantitative estimate of drug-likeness (QED) is 0.573. The minimum atomic E-state index is -4.40. The molecule has 3 heterocycles. The summed E-state index contributed by atoms with van der Waals surface area (Å²) in [4.78, 5) is 22.7. The Morgan fingerprint density at radius 2 is 1.85 bits per heavy atom. The van der Waals surface area contributed by atoms with Crippen LogP contribution in [-0.4, -0.2) is 33.5 Å². The zero-order valence-electron chi connectivity index (χ0n) is 18.7. The molecule has 1 aliphatic heterocycles. The molecule has 1 saturated carbocycles. The molecule has 1 amide bonds. The fraction of sp³-hybridized carbons (Fsp3) is 0.625. The van der Waals surface area contributed by atoms with E-state index in [0.717, 1.165) is 48.2 Å². The van der Waals surface area contributed by atoms with E-state index in [4.69, 9.17) is 4.98 Å². The lowest BCUT2D eigenvalue weighted by Gasteiger charge is -2.39. The molecular formula is C24H38F3N5OS. The summed E-state index contributed by atoms with van der Waals surface area (Å²) in [6, 6.07) is 1.85. The predicted molar refractivity (Wildman–Crippen MR) is 136 cm³/mol. The average Bonchev–Trinajstić information content (AvgIpc) is 3.10. The number of alkyl halides is 3. The van der Waals surface area contributed by atoms with Gasteiger partial charge in [0.05, 0.1) is 23.4 Å². The Balaban J connectivity index is 0.00000193. The fourth-order valence-corrected chi connectivity index (χ4v) is 4.92. The number of hydrogen-bond donors (Lipinski definition) is 1. The van der Waals surface area contributed by atoms with Crippen LogP contribution in [0.3, 0.4) is 0 Å². The van der Waals surface area contributed by atoms with Crippen LogP contribution in [0.2, 0.25) is 0 Å². The van der Waals surface area contributed by atoms with Gasteiger partial charge in [-0.1, -0.05) is 28.7 Å². The minimum Gasteiger partial charge on any atom is -0.361 e. The van der Waals surface area contributed by atoms with Gasteiger partial charge in [0.1, 0.15) is 6.04 Å². The van der Waals surface area contributed by atoms with Crippen molar-refractivity contribution in [2.45, 2.75) is 73.6 Å². The molecule has 2 aromatic rings. The number of imidazole rings is 1. The molecular weight excluding hydrogens is 463 g/mol. The van der Waals surface area contributed by atoms with Crippen molar-refractivity contribution in [3.05, 3.63) is 35.7 Å². The number of fused-ring (bicyclic) bond motifs is 1. The first-order valence-corrected chi connectivity index (χ1v) is 10.7. The molecule has 192 valence electrons. The Kier molecular flexibility index (Phi) is 9.65. The number of hydrogen-bond acceptors (Lipinski definition) is 4. The zero-order valence-corrected chi connectivity index (χ0v) is 19.7. The number of aryl methyl sites for hydroxylation is 1. The first-order chi connectivity index (χ1) is 14.5. The highest BCUT2D eigenvalue weighted by Crippen LogP contribution is 2.40. The van der Waals surface area contributed by atoms with Gasteiger partial charge in [0, 0.05) is 25.5 Å². The van der Waals surface area contributed by atoms with Crippen molar-refractivity contribution in [3.8, 4) is 0 Å². The van der Waals surface area contributed by atoms with Gasteiger partial charge in [0.25, 0.3) is 0 Å². The molecule has 1 fully saturated rings. The van der Waals surface area contributed by atoms with Gasteiger partial charge in [0.2, 0.25) is 5.91 Å². The molecule has 0 radical (unpaired) electrons. The summed E-state index contributed by atoms with van der Waals surface area (Å²) in [5, 5.41) is 3.01. The fourth-order valence-electron chi connectivity index (χ4n) is 4.92. The molecule has 6 nitrogen and oxygen atoms in total. The van der Waals surface area contributed by atoms with Crippen LogP contribution >= 0.6 is 13.5 Å². The highest BCUT2D eigenvalue weighted by Gasteiger charge is 2.36. The topological polar surface area (TPSA) is 63.1 Å². The molecule has 1 atom stereocenters. The number of carbonyl (C=O) groups is 1. The van der Waals surface area contributed by atoms with Crippen LogP contribution in [0.15, 0.2) is 18.6 Å². The average molecular weight is 502 g/mol. The van der Waals surface area contributed by atoms with Crippen LogP contribution < -0.4 is 10.2 Å². The van der Waals surface area contributed by atoms with Crippen LogP contribution in [0, 0.1) is 24.7 Å². The summed E-state index contributed by atoms with van der Waals surface area (Å²) in [5.41, 5.74) is 2.74. The number of aromatic nitrogens is 3. The second kappa shape index (κ2) is 11.0. The van der Waals surface area contributed by atoms with Gasteiger partial charge in [-0.25, -0.2) is 4.98 Å². The predicted octanol–water partition coefficient (Wildman–Crippen LogP) is 5.67. The number of nitrogens with one attached hydrogen (secondary N) is 1. The standard InChI is InChI=1S/C22H28F3N5O.2CH4.H2S/c1-12(2)20-21(31)28-19-13(3)27-16(8-17(19)29(20)4)7-14-5-15(6-14)9-30-10-18(26-11-30)22(23,24)25;;;/h8,10-12,14-15,20H,5-7,9H2,1-4H3,(H,28,31);2*1H4;1H2/t14?,15?,20-;;;/m0.../s1. The summed E-state index contributed by atoms with van der Waals surface area (Å²) in [6.07, 6.45) is 0.689. The maximum Gasteiger partial charge on any atom is 0.434 e. The summed E-state index contributed by atoms with van der Waals surface area (Å²) < 4.78 is 39.6. The monoisotopic (exact) mass is 501 g/mol. The van der Waals surface area contributed by atoms with E-state index in [2.05, 4.69) is 16.4 Å². The third-order valence-electron chi connectivity index (χ3n) is 6.40. The maximum absolute atomic E-state index is 12.7. The smallest absolute Gasteiger partial charge is 0.361 e. The van der Waals surface area contributed by atoms with Gasteiger partial charge in [-0.2, -0.15) is 26.7 Å². The van der Waals surface area contributed by atoms with Gasteiger partial charge >= 0.3 is 6.18 Å². The Hall–Kier alpha value is -2.23. The molecule has 0 saturated heterocycles. The molecule has 2 aliphatic rings. The Labute approximate surface area is 207 Å². The van der Waals surface area contributed by atoms with Crippen molar-refractivity contribution in [1.29, 1.82) is 0 Å². The highest BCUT2D eigenvalue weighted by atomic mass is 32.1. The third-order valence-corrected chi connectivity index (χ3v) is 6.40. The van der Waals surface area contributed by atoms with E-state index in [0.29, 0.717) is 18.4 Å². The van der Waals surface area contributed by atoms with Crippen molar-refractivity contribution < 1.29 is 18.0 Å². The number of pyridine rings is 1. The number of rotatable bonds is 5. The summed E-state index contributed by atoms with van der Waals surface area (Å²) in [7, 11) is 1.95. The van der Waals surface area contributed by atoms with Crippen LogP contribution in [0.4, 0.5) is 24.5 Å². The molecule has 0 spiro atoms. The molecule has 1 N–H and O–H groups in total. The molecule has 0 unspecified atom stereocenters. The van der Waals surface area contributed by atoms with Crippen molar-refractivity contribution in [2.75, 3.05) is 17.3 Å². The number of nitrogens with zero attached hydrogens (tertiary/aromatic N) is 4. The highest BCUT2D eigenvalue weighted by molar-refractivity contribution is 7.59. The first-order valence-electron chi connectivity index (χ1n) is 10.7. The minimum absolute atomic E-state index is 0. The largest absolute Gasteiger partial charge is 0.434 e. The van der Waals surface area contributed by atoms with Crippen LogP contribution in [0.5, 0.6) is 0 Å². The van der Waals surface area contributed by atoms with Gasteiger partial charge in [-0.3, -0.25) is 9.78 Å². The molecule has 0 bridgehead atoms. The molecule has 2 aromatic heterocycles. The summed E-state index contributed by atoms with van der Waals surface area (Å²) in [6.45, 7) is 6.54. The van der Waals surface area contributed by atoms with Crippen LogP contribution in [-0.2, 0) is 23.9 Å². The van der Waals surface area contributed by atoms with E-state index >= 15 is 0 Å². The normalized spacial score (nSPS) is 21.5. The first kappa shape index (κ1) is 29.8. The lowest BCUT2D eigenvalue weighted by molar-refractivity contribution is -0.141. The SMILES string of the molecule is C.C.Cc1nc(CC2CC(Cn3cnc(C(F)(F)F)c3)C2)cc2c1NC(=O)[C@H](C(C)C)N2C.S. The number of halogens is 3. The molecule has 34 heavy (non-hydrogen) atoms. The van der Waals surface area contributed by atoms with E-state index in [-0.39, 0.29) is 46.2 Å². The lowest BCUT2D eigenvalue weighted by atomic mass is 9.72. The Morgan fingerprint density at radius 3 is 2.41 bits per heavy atom. The van der Waals surface area contributed by atoms with E-state index in [1.807, 2.05) is 32.7 Å². The van der Waals surface area contributed by atoms with Crippen molar-refractivity contribution >= 4 is 30.8 Å². The van der Waals surface area contributed by atoms with Gasteiger partial charge in [-0.15, -0.1) is 0 Å². The third kappa shape index (κ3) is 5.87. The van der Waals surface area contributed by atoms with Crippen molar-refractivity contribution in [2.24, 2.45) is 17.8 Å². The van der Waals surface area contributed by atoms with E-state index < -0.39 is 11.9 Å². The van der Waals surface area contributed by atoms with E-state index in [1.54, 1.807) is 0 Å². The molecule has 4 rings (SSSR count). The lowest BCUT2D eigenvalue weighted by Crippen LogP contribution is -2.49. The van der Waals surface area contributed by atoms with Crippen molar-refractivity contribution in [1.82, 2.24) is 14.5 Å². The number of likely N-dealkylation sites (N-methyl/N-ethyl adjacent to an activating group) is 1. The summed E-state index contributed by atoms with van der Waals surface area (Å²) in [5.74, 6) is 0.998. The number of carbonyl (C=O) groups excluding carboxylic acids is 1. The zero-order chi connectivity index (χ0) is 22.5. The summed E-state index contributed by atoms with van der Waals surface area (Å²) >= 11 is 0.